The molecule has 0 spiro atoms. The molecule has 2 aromatic heterocycles. The van der Waals surface area contributed by atoms with Crippen LogP contribution in [-0.4, -0.2) is 77.5 Å². The second-order valence-electron chi connectivity index (χ2n) is 14.0. The van der Waals surface area contributed by atoms with Gasteiger partial charge < -0.3 is 42.2 Å². The molecule has 6 rings (SSSR count). The average molecular weight is 775 g/mol. The quantitative estimate of drug-likeness (QED) is 0.0796. The zero-order valence-corrected chi connectivity index (χ0v) is 31.8. The monoisotopic (exact) mass is 774 g/mol. The Hall–Kier alpha value is -3.74. The van der Waals surface area contributed by atoms with Crippen LogP contribution in [0.25, 0.3) is 11.0 Å². The van der Waals surface area contributed by atoms with Gasteiger partial charge in [-0.15, -0.1) is 0 Å². The molecular formula is C36H44ClN4O11P. The summed E-state index contributed by atoms with van der Waals surface area (Å²) in [7, 11) is -3.93. The second kappa shape index (κ2) is 16.3. The normalized spacial score (nSPS) is 24.0. The van der Waals surface area contributed by atoms with Crippen molar-refractivity contribution in [1.29, 1.82) is 5.26 Å². The number of nitriles is 1. The molecule has 1 N–H and O–H groups in total. The summed E-state index contributed by atoms with van der Waals surface area (Å²) in [6.45, 7) is 7.67. The molecule has 0 radical (unpaired) electrons. The number of esters is 2. The average Bonchev–Trinajstić information content (AvgIpc) is 3.90. The molecule has 1 unspecified atom stereocenters. The first-order chi connectivity index (χ1) is 25.3. The van der Waals surface area contributed by atoms with E-state index in [-0.39, 0.29) is 29.2 Å². The zero-order chi connectivity index (χ0) is 37.9. The molecule has 53 heavy (non-hydrogen) atoms. The van der Waals surface area contributed by atoms with E-state index in [0.29, 0.717) is 16.8 Å². The molecule has 1 saturated carbocycles. The molecule has 3 aromatic rings. The minimum absolute atomic E-state index is 0.0163. The van der Waals surface area contributed by atoms with Crippen molar-refractivity contribution in [1.82, 2.24) is 14.6 Å². The van der Waals surface area contributed by atoms with Gasteiger partial charge in [-0.2, -0.15) is 5.26 Å². The molecule has 3 aliphatic rings. The first-order valence-electron chi connectivity index (χ1n) is 17.6. The fourth-order valence-electron chi connectivity index (χ4n) is 6.54. The molecule has 6 atom stereocenters. The van der Waals surface area contributed by atoms with E-state index in [2.05, 4.69) is 16.1 Å². The van der Waals surface area contributed by atoms with Gasteiger partial charge in [-0.25, -0.2) is 10.1 Å². The Balaban J connectivity index is 1.18. The Morgan fingerprint density at radius 2 is 1.79 bits per heavy atom. The van der Waals surface area contributed by atoms with Gasteiger partial charge in [-0.05, 0) is 64.7 Å². The van der Waals surface area contributed by atoms with Crippen molar-refractivity contribution in [2.75, 3.05) is 19.7 Å². The fraction of sp³-hybridized carbons (Fsp3) is 0.556. The highest BCUT2D eigenvalue weighted by atomic mass is 35.5. The summed E-state index contributed by atoms with van der Waals surface area (Å²) in [6, 6.07) is 11.3. The third kappa shape index (κ3) is 8.98. The Morgan fingerprint density at radius 1 is 1.09 bits per heavy atom. The predicted octanol–water partition coefficient (Wildman–Crippen LogP) is 6.22. The Bertz CT molecular complexity index is 1880. The van der Waals surface area contributed by atoms with Gasteiger partial charge in [0.05, 0.1) is 24.0 Å². The van der Waals surface area contributed by atoms with Crippen LogP contribution < -0.4 is 14.3 Å². The lowest BCUT2D eigenvalue weighted by molar-refractivity contribution is -0.201. The minimum Gasteiger partial charge on any atom is -0.488 e. The van der Waals surface area contributed by atoms with Crippen LogP contribution in [0, 0.1) is 17.2 Å². The van der Waals surface area contributed by atoms with Gasteiger partial charge in [-0.3, -0.25) is 14.2 Å². The van der Waals surface area contributed by atoms with Crippen LogP contribution in [0.2, 0.25) is 5.15 Å². The van der Waals surface area contributed by atoms with E-state index in [0.717, 1.165) is 25.7 Å². The number of hydrogen-bond acceptors (Lipinski definition) is 13. The second-order valence-corrected chi connectivity index (χ2v) is 16.4. The molecule has 4 heterocycles. The fourth-order valence-corrected chi connectivity index (χ4v) is 8.43. The molecule has 1 aliphatic carbocycles. The van der Waals surface area contributed by atoms with Crippen LogP contribution in [0.4, 0.5) is 0 Å². The van der Waals surface area contributed by atoms with E-state index in [1.807, 2.05) is 6.07 Å². The van der Waals surface area contributed by atoms with E-state index in [9.17, 15) is 19.4 Å². The van der Waals surface area contributed by atoms with E-state index in [1.54, 1.807) is 68.8 Å². The molecule has 2 saturated heterocycles. The van der Waals surface area contributed by atoms with E-state index >= 15 is 0 Å². The maximum absolute atomic E-state index is 14.2. The van der Waals surface area contributed by atoms with Gasteiger partial charge in [0.1, 0.15) is 53.7 Å². The van der Waals surface area contributed by atoms with Gasteiger partial charge in [0.15, 0.2) is 22.9 Å². The van der Waals surface area contributed by atoms with Crippen LogP contribution in [0.5, 0.6) is 11.5 Å². The number of nitrogens with zero attached hydrogens (tertiary/aromatic N) is 3. The summed E-state index contributed by atoms with van der Waals surface area (Å²) in [5.41, 5.74) is 0.625. The number of carbonyl (C=O) groups is 2. The third-order valence-electron chi connectivity index (χ3n) is 9.02. The number of pyridine rings is 1. The lowest BCUT2D eigenvalue weighted by Crippen LogP contribution is -2.37. The van der Waals surface area contributed by atoms with Crippen molar-refractivity contribution in [2.24, 2.45) is 5.92 Å². The van der Waals surface area contributed by atoms with Crippen molar-refractivity contribution in [2.45, 2.75) is 103 Å². The summed E-state index contributed by atoms with van der Waals surface area (Å²) in [4.78, 5) is 29.0. The molecule has 0 bridgehead atoms. The largest absolute Gasteiger partial charge is 0.488 e. The van der Waals surface area contributed by atoms with Crippen molar-refractivity contribution in [3.63, 3.8) is 0 Å². The molecule has 1 aromatic carbocycles. The van der Waals surface area contributed by atoms with Crippen LogP contribution in [0.1, 0.15) is 72.1 Å². The van der Waals surface area contributed by atoms with Crippen molar-refractivity contribution in [3.05, 3.63) is 53.3 Å². The minimum atomic E-state index is -3.93. The molecule has 3 fully saturated rings. The number of para-hydroxylation sites is 1. The number of benzene rings is 1. The van der Waals surface area contributed by atoms with E-state index in [1.165, 1.54) is 6.92 Å². The number of rotatable bonds is 15. The first-order valence-corrected chi connectivity index (χ1v) is 19.8. The number of carbonyl (C=O) groups excluding carboxylic acids is 2. The predicted molar refractivity (Wildman–Crippen MR) is 190 cm³/mol. The molecule has 0 amide bonds. The molecular weight excluding hydrogens is 731 g/mol. The van der Waals surface area contributed by atoms with Crippen molar-refractivity contribution >= 4 is 42.1 Å². The van der Waals surface area contributed by atoms with E-state index in [4.69, 9.17) is 49.3 Å². The van der Waals surface area contributed by atoms with Gasteiger partial charge in [0, 0.05) is 6.20 Å². The van der Waals surface area contributed by atoms with Crippen LogP contribution in [0.3, 0.4) is 0 Å². The summed E-state index contributed by atoms with van der Waals surface area (Å²) in [5.74, 6) is -2.02. The number of halogens is 1. The molecule has 2 aliphatic heterocycles. The SMILES string of the molecule is CC(C)C(=O)OCOC(=O)[C@H](C)NP(=O)(COC[C@H]1O[C@@H](n2ccc3c(OC4CCCC4)c(C#N)c(Cl)nc32)[C@@H]2OC(C)(C)O[C@@H]21)Oc1ccccc1. The maximum atomic E-state index is 14.2. The first kappa shape index (κ1) is 39.0. The number of hydrogen-bond donors (Lipinski definition) is 1. The summed E-state index contributed by atoms with van der Waals surface area (Å²) in [6.07, 6.45) is 2.55. The Morgan fingerprint density at radius 3 is 2.49 bits per heavy atom. The van der Waals surface area contributed by atoms with Crippen molar-refractivity contribution in [3.8, 4) is 17.6 Å². The number of aromatic nitrogens is 2. The lowest BCUT2D eigenvalue weighted by atomic mass is 10.1. The van der Waals surface area contributed by atoms with Gasteiger partial charge >= 0.3 is 19.5 Å². The molecule has 15 nitrogen and oxygen atoms in total. The standard InChI is InChI=1S/C36H44ClN4O11P/c1-21(2)34(42)46-19-47-35(43)22(3)40-53(44,52-24-13-7-6-8-14-24)20-45-18-27-29-30(51-36(4,5)50-29)33(49-27)41-16-15-25-28(48-23-11-9-10-12-23)26(17-38)31(37)39-32(25)41/h6-8,13-16,21-23,27,29-30,33H,9-12,18-20H2,1-5H3,(H,40,44)/t22-,27+,29+,30+,33+,53?/m0/s1. The van der Waals surface area contributed by atoms with Gasteiger partial charge in [0.25, 0.3) is 0 Å². The molecule has 286 valence electrons. The highest BCUT2D eigenvalue weighted by Crippen LogP contribution is 2.47. The van der Waals surface area contributed by atoms with Crippen LogP contribution in [-0.2, 0) is 42.6 Å². The smallest absolute Gasteiger partial charge is 0.342 e. The summed E-state index contributed by atoms with van der Waals surface area (Å²) in [5, 5.41) is 13.3. The van der Waals surface area contributed by atoms with Crippen molar-refractivity contribution < 1.29 is 51.8 Å². The Labute approximate surface area is 312 Å². The van der Waals surface area contributed by atoms with Gasteiger partial charge in [0.2, 0.25) is 6.79 Å². The van der Waals surface area contributed by atoms with E-state index < -0.39 is 74.9 Å². The highest BCUT2D eigenvalue weighted by molar-refractivity contribution is 7.57. The lowest BCUT2D eigenvalue weighted by Gasteiger charge is -2.26. The van der Waals surface area contributed by atoms with Gasteiger partial charge in [-0.1, -0.05) is 43.6 Å². The highest BCUT2D eigenvalue weighted by Gasteiger charge is 2.56. The number of ether oxygens (including phenoxy) is 7. The summed E-state index contributed by atoms with van der Waals surface area (Å²) < 4.78 is 63.3. The van der Waals surface area contributed by atoms with Crippen LogP contribution >= 0.6 is 19.1 Å². The maximum Gasteiger partial charge on any atom is 0.342 e. The number of fused-ring (bicyclic) bond motifs is 2. The van der Waals surface area contributed by atoms with Crippen LogP contribution in [0.15, 0.2) is 42.6 Å². The Kier molecular flexibility index (Phi) is 12.0. The zero-order valence-electron chi connectivity index (χ0n) is 30.2. The topological polar surface area (TPSA) is 179 Å². The third-order valence-corrected chi connectivity index (χ3v) is 11.1. The molecule has 17 heteroatoms. The number of nitrogens with one attached hydrogen (secondary N) is 1. The summed E-state index contributed by atoms with van der Waals surface area (Å²) >= 11 is 6.55.